The summed E-state index contributed by atoms with van der Waals surface area (Å²) in [5.41, 5.74) is 6.15. The second-order valence-electron chi connectivity index (χ2n) is 12.7. The Labute approximate surface area is 245 Å². The highest BCUT2D eigenvalue weighted by Crippen LogP contribution is 2.32. The number of anilines is 1. The SMILES string of the molecule is CC(C)[C@@H](C(=O)N[C@@H](CCCNC(N)O)C(=O)Nc1ccc(COC(=O)NCCCOC(C)(C)C)cc1)C(C)(C)C. The Balaban J connectivity index is 2.70. The van der Waals surface area contributed by atoms with E-state index in [4.69, 9.17) is 15.2 Å². The number of nitrogens with two attached hydrogens (primary N) is 1. The Morgan fingerprint density at radius 1 is 0.951 bits per heavy atom. The minimum atomic E-state index is -1.15. The van der Waals surface area contributed by atoms with Crippen molar-refractivity contribution in [2.75, 3.05) is 25.0 Å². The molecule has 1 unspecified atom stereocenters. The van der Waals surface area contributed by atoms with Crippen LogP contribution >= 0.6 is 0 Å². The van der Waals surface area contributed by atoms with E-state index in [1.54, 1.807) is 24.3 Å². The standard InChI is InChI=1S/C30H53N5O6/c1-20(2)24(29(3,4)5)26(37)35-23(11-9-16-32-27(31)38)25(36)34-22-14-12-21(13-15-22)19-40-28(39)33-17-10-18-41-30(6,7)8/h12-15,20,23-24,27,32,38H,9-11,16-19,31H2,1-8H3,(H,33,39)(H,34,36)(H,35,37)/t23-,24-,27?/m0/s1. The molecule has 0 radical (unpaired) electrons. The van der Waals surface area contributed by atoms with Crippen molar-refractivity contribution in [3.05, 3.63) is 29.8 Å². The lowest BCUT2D eigenvalue weighted by molar-refractivity contribution is -0.133. The fourth-order valence-corrected chi connectivity index (χ4v) is 4.54. The predicted octanol–water partition coefficient (Wildman–Crippen LogP) is 3.46. The van der Waals surface area contributed by atoms with Crippen molar-refractivity contribution in [1.82, 2.24) is 16.0 Å². The van der Waals surface area contributed by atoms with Crippen LogP contribution < -0.4 is 27.0 Å². The highest BCUT2D eigenvalue weighted by molar-refractivity contribution is 5.97. The van der Waals surface area contributed by atoms with E-state index in [1.807, 2.05) is 55.4 Å². The number of ether oxygens (including phenoxy) is 2. The van der Waals surface area contributed by atoms with Gasteiger partial charge in [0.05, 0.1) is 5.60 Å². The maximum atomic E-state index is 13.2. The summed E-state index contributed by atoms with van der Waals surface area (Å²) in [4.78, 5) is 38.4. The zero-order chi connectivity index (χ0) is 31.2. The van der Waals surface area contributed by atoms with Crippen molar-refractivity contribution in [1.29, 1.82) is 0 Å². The number of nitrogens with one attached hydrogen (secondary N) is 4. The highest BCUT2D eigenvalue weighted by Gasteiger charge is 2.35. The summed E-state index contributed by atoms with van der Waals surface area (Å²) < 4.78 is 10.9. The van der Waals surface area contributed by atoms with Gasteiger partial charge in [0, 0.05) is 24.8 Å². The molecule has 3 amide bonds. The average molecular weight is 580 g/mol. The molecule has 3 atom stereocenters. The molecule has 11 heteroatoms. The molecule has 234 valence electrons. The molecule has 11 nitrogen and oxygen atoms in total. The minimum absolute atomic E-state index is 0.0839. The summed E-state index contributed by atoms with van der Waals surface area (Å²) in [5.74, 6) is -0.712. The molecular formula is C30H53N5O6. The monoisotopic (exact) mass is 579 g/mol. The Morgan fingerprint density at radius 3 is 2.12 bits per heavy atom. The molecule has 0 aliphatic heterocycles. The van der Waals surface area contributed by atoms with Crippen molar-refractivity contribution >= 4 is 23.6 Å². The van der Waals surface area contributed by atoms with Gasteiger partial charge in [-0.1, -0.05) is 46.8 Å². The number of hydrogen-bond acceptors (Lipinski definition) is 8. The van der Waals surface area contributed by atoms with Gasteiger partial charge in [0.25, 0.3) is 0 Å². The van der Waals surface area contributed by atoms with Gasteiger partial charge in [-0.15, -0.1) is 0 Å². The normalized spacial score (nSPS) is 14.2. The maximum absolute atomic E-state index is 13.2. The summed E-state index contributed by atoms with van der Waals surface area (Å²) >= 11 is 0. The molecular weight excluding hydrogens is 526 g/mol. The maximum Gasteiger partial charge on any atom is 0.407 e. The first-order valence-electron chi connectivity index (χ1n) is 14.4. The molecule has 0 saturated heterocycles. The third kappa shape index (κ3) is 15.7. The lowest BCUT2D eigenvalue weighted by atomic mass is 9.73. The first-order valence-corrected chi connectivity index (χ1v) is 14.4. The van der Waals surface area contributed by atoms with Gasteiger partial charge in [-0.25, -0.2) is 4.79 Å². The molecule has 0 saturated carbocycles. The van der Waals surface area contributed by atoms with Crippen LogP contribution in [0.25, 0.3) is 0 Å². The van der Waals surface area contributed by atoms with Crippen molar-refractivity contribution in [3.8, 4) is 0 Å². The molecule has 7 N–H and O–H groups in total. The van der Waals surface area contributed by atoms with Crippen LogP contribution in [0.4, 0.5) is 10.5 Å². The summed E-state index contributed by atoms with van der Waals surface area (Å²) in [6.45, 7) is 17.4. The van der Waals surface area contributed by atoms with Crippen LogP contribution in [0.2, 0.25) is 0 Å². The van der Waals surface area contributed by atoms with Crippen molar-refractivity contribution in [2.45, 2.75) is 99.3 Å². The van der Waals surface area contributed by atoms with E-state index >= 15 is 0 Å². The van der Waals surface area contributed by atoms with Gasteiger partial charge in [-0.05, 0) is 75.6 Å². The Morgan fingerprint density at radius 2 is 1.59 bits per heavy atom. The van der Waals surface area contributed by atoms with Crippen LogP contribution in [0.5, 0.6) is 0 Å². The summed E-state index contributed by atoms with van der Waals surface area (Å²) in [5, 5.41) is 20.5. The molecule has 0 heterocycles. The number of alkyl carbamates (subject to hydrolysis) is 1. The minimum Gasteiger partial charge on any atom is -0.445 e. The van der Waals surface area contributed by atoms with Gasteiger partial charge in [0.2, 0.25) is 11.8 Å². The van der Waals surface area contributed by atoms with E-state index < -0.39 is 18.5 Å². The van der Waals surface area contributed by atoms with Crippen molar-refractivity contribution < 1.29 is 29.0 Å². The number of benzene rings is 1. The third-order valence-corrected chi connectivity index (χ3v) is 6.26. The van der Waals surface area contributed by atoms with Crippen LogP contribution in [0.3, 0.4) is 0 Å². The van der Waals surface area contributed by atoms with Gasteiger partial charge >= 0.3 is 6.09 Å². The first-order chi connectivity index (χ1) is 19.0. The number of hydrogen-bond donors (Lipinski definition) is 6. The molecule has 1 aromatic carbocycles. The van der Waals surface area contributed by atoms with E-state index in [9.17, 15) is 19.5 Å². The largest absolute Gasteiger partial charge is 0.445 e. The fraction of sp³-hybridized carbons (Fsp3) is 0.700. The number of amides is 3. The van der Waals surface area contributed by atoms with Crippen molar-refractivity contribution in [2.24, 2.45) is 23.0 Å². The molecule has 0 spiro atoms. The predicted molar refractivity (Wildman–Crippen MR) is 161 cm³/mol. The van der Waals surface area contributed by atoms with E-state index in [0.717, 1.165) is 5.56 Å². The highest BCUT2D eigenvalue weighted by atomic mass is 16.5. The quantitative estimate of drug-likeness (QED) is 0.128. The van der Waals surface area contributed by atoms with Gasteiger partial charge in [-0.3, -0.25) is 20.6 Å². The lowest BCUT2D eigenvalue weighted by Crippen LogP contribution is -2.50. The first kappa shape index (κ1) is 36.3. The molecule has 0 bridgehead atoms. The zero-order valence-electron chi connectivity index (χ0n) is 26.1. The molecule has 0 aliphatic carbocycles. The van der Waals surface area contributed by atoms with E-state index in [0.29, 0.717) is 44.6 Å². The molecule has 0 aromatic heterocycles. The van der Waals surface area contributed by atoms with E-state index in [-0.39, 0.29) is 41.3 Å². The van der Waals surface area contributed by atoms with E-state index in [1.165, 1.54) is 0 Å². The van der Waals surface area contributed by atoms with Gasteiger partial charge < -0.3 is 30.5 Å². The van der Waals surface area contributed by atoms with Gasteiger partial charge in [0.1, 0.15) is 12.6 Å². The summed E-state index contributed by atoms with van der Waals surface area (Å²) in [7, 11) is 0. The third-order valence-electron chi connectivity index (χ3n) is 6.26. The lowest BCUT2D eigenvalue weighted by Gasteiger charge is -2.34. The van der Waals surface area contributed by atoms with Crippen LogP contribution in [0.1, 0.15) is 80.2 Å². The molecule has 1 rings (SSSR count). The average Bonchev–Trinajstić information content (AvgIpc) is 2.83. The van der Waals surface area contributed by atoms with Crippen LogP contribution in [0.15, 0.2) is 24.3 Å². The molecule has 0 aliphatic rings. The Bertz CT molecular complexity index is 938. The number of carbonyl (C=O) groups excluding carboxylic acids is 3. The van der Waals surface area contributed by atoms with E-state index in [2.05, 4.69) is 21.3 Å². The van der Waals surface area contributed by atoms with Crippen LogP contribution in [0, 0.1) is 17.3 Å². The number of rotatable bonds is 16. The van der Waals surface area contributed by atoms with Gasteiger partial charge in [0.15, 0.2) is 6.35 Å². The number of carbonyl (C=O) groups is 3. The molecule has 41 heavy (non-hydrogen) atoms. The zero-order valence-corrected chi connectivity index (χ0v) is 26.1. The van der Waals surface area contributed by atoms with Crippen molar-refractivity contribution in [3.63, 3.8) is 0 Å². The van der Waals surface area contributed by atoms with Crippen LogP contribution in [-0.4, -0.2) is 60.7 Å². The topological polar surface area (TPSA) is 164 Å². The fourth-order valence-electron chi connectivity index (χ4n) is 4.54. The molecule has 0 fully saturated rings. The second kappa shape index (κ2) is 17.3. The smallest absolute Gasteiger partial charge is 0.407 e. The number of aliphatic hydroxyl groups is 1. The summed E-state index contributed by atoms with van der Waals surface area (Å²) in [6, 6.07) is 6.18. The Hall–Kier alpha value is -2.73. The number of aliphatic hydroxyl groups excluding tert-OH is 1. The van der Waals surface area contributed by atoms with Crippen LogP contribution in [-0.2, 0) is 25.7 Å². The molecule has 1 aromatic rings. The Kier molecular flexibility index (Phi) is 15.3. The second-order valence-corrected chi connectivity index (χ2v) is 12.7. The van der Waals surface area contributed by atoms with Gasteiger partial charge in [-0.2, -0.15) is 0 Å². The summed E-state index contributed by atoms with van der Waals surface area (Å²) in [6.07, 6.45) is -0.110.